The number of hydrogen-bond acceptors (Lipinski definition) is 7. The van der Waals surface area contributed by atoms with Gasteiger partial charge in [0.25, 0.3) is 5.91 Å². The Bertz CT molecular complexity index is 990. The van der Waals surface area contributed by atoms with Crippen molar-refractivity contribution in [2.45, 2.75) is 13.3 Å². The first-order valence-electron chi connectivity index (χ1n) is 8.53. The molecule has 2 aromatic heterocycles. The molecule has 8 heteroatoms. The van der Waals surface area contributed by atoms with Gasteiger partial charge >= 0.3 is 0 Å². The lowest BCUT2D eigenvalue weighted by molar-refractivity contribution is 0.0949. The van der Waals surface area contributed by atoms with E-state index in [1.165, 1.54) is 14.2 Å². The van der Waals surface area contributed by atoms with Crippen LogP contribution in [0, 0.1) is 0 Å². The summed E-state index contributed by atoms with van der Waals surface area (Å²) in [6.45, 7) is 2.52. The van der Waals surface area contributed by atoms with E-state index in [0.717, 1.165) is 17.5 Å². The summed E-state index contributed by atoms with van der Waals surface area (Å²) in [5.74, 6) is 0.501. The molecule has 3 rings (SSSR count). The Labute approximate surface area is 156 Å². The number of carbonyl (C=O) groups is 1. The predicted molar refractivity (Wildman–Crippen MR) is 103 cm³/mol. The Hall–Kier alpha value is -3.42. The van der Waals surface area contributed by atoms with Crippen LogP contribution in [0.5, 0.6) is 11.8 Å². The molecule has 140 valence electrons. The van der Waals surface area contributed by atoms with E-state index in [2.05, 4.69) is 20.5 Å². The molecule has 0 aliphatic rings. The summed E-state index contributed by atoms with van der Waals surface area (Å²) in [5.41, 5.74) is 8.67. The number of fused-ring (bicyclic) bond motifs is 1. The number of amides is 1. The molecule has 0 aliphatic carbocycles. The van der Waals surface area contributed by atoms with Crippen molar-refractivity contribution in [3.63, 3.8) is 0 Å². The van der Waals surface area contributed by atoms with Crippen molar-refractivity contribution in [2.24, 2.45) is 0 Å². The molecular formula is C19H21N5O3. The van der Waals surface area contributed by atoms with Gasteiger partial charge in [-0.1, -0.05) is 25.1 Å². The number of pyridine rings is 1. The monoisotopic (exact) mass is 367 g/mol. The normalized spacial score (nSPS) is 10.6. The Morgan fingerprint density at radius 1 is 1.11 bits per heavy atom. The molecule has 0 atom stereocenters. The molecule has 0 spiro atoms. The van der Waals surface area contributed by atoms with Gasteiger partial charge in [-0.2, -0.15) is 4.98 Å². The van der Waals surface area contributed by atoms with Crippen molar-refractivity contribution in [1.82, 2.24) is 20.5 Å². The highest BCUT2D eigenvalue weighted by atomic mass is 16.5. The van der Waals surface area contributed by atoms with Crippen molar-refractivity contribution in [1.29, 1.82) is 0 Å². The second-order valence-corrected chi connectivity index (χ2v) is 5.83. The van der Waals surface area contributed by atoms with Crippen LogP contribution in [0.3, 0.4) is 0 Å². The number of methoxy groups -OCH3 is 2. The molecule has 3 N–H and O–H groups in total. The van der Waals surface area contributed by atoms with E-state index in [4.69, 9.17) is 15.2 Å². The average molecular weight is 367 g/mol. The number of rotatable bonds is 6. The highest BCUT2D eigenvalue weighted by Gasteiger charge is 2.19. The van der Waals surface area contributed by atoms with Gasteiger partial charge in [-0.05, 0) is 12.5 Å². The van der Waals surface area contributed by atoms with Gasteiger partial charge in [-0.25, -0.2) is 0 Å². The Kier molecular flexibility index (Phi) is 5.35. The van der Waals surface area contributed by atoms with Crippen molar-refractivity contribution < 1.29 is 14.3 Å². The number of aromatic nitrogens is 3. The van der Waals surface area contributed by atoms with Crippen LogP contribution >= 0.6 is 0 Å². The largest absolute Gasteiger partial charge is 0.481 e. The summed E-state index contributed by atoms with van der Waals surface area (Å²) in [7, 11) is 3.07. The van der Waals surface area contributed by atoms with Crippen molar-refractivity contribution in [3.8, 4) is 22.9 Å². The lowest BCUT2D eigenvalue weighted by Gasteiger charge is -2.12. The van der Waals surface area contributed by atoms with E-state index >= 15 is 0 Å². The van der Waals surface area contributed by atoms with Crippen LogP contribution < -0.4 is 20.5 Å². The van der Waals surface area contributed by atoms with Gasteiger partial charge in [0.15, 0.2) is 5.69 Å². The number of nitrogens with zero attached hydrogens (tertiary/aromatic N) is 3. The topological polar surface area (TPSA) is 112 Å². The van der Waals surface area contributed by atoms with Crippen LogP contribution in [-0.2, 0) is 0 Å². The fourth-order valence-corrected chi connectivity index (χ4v) is 2.76. The standard InChI is InChI=1S/C19H21N5O3/c1-4-10-21-18(25)17-15(20)13-7-5-6-11(16(13)23-24-17)12-8-9-14(26-2)22-19(12)27-3/h5-9H,4,10H2,1-3H3,(H2,20,23)(H,21,25). The second-order valence-electron chi connectivity index (χ2n) is 5.83. The highest BCUT2D eigenvalue weighted by Crippen LogP contribution is 2.35. The van der Waals surface area contributed by atoms with Crippen molar-refractivity contribution in [2.75, 3.05) is 26.5 Å². The molecule has 8 nitrogen and oxygen atoms in total. The second kappa shape index (κ2) is 7.86. The summed E-state index contributed by atoms with van der Waals surface area (Å²) in [5, 5.41) is 11.7. The molecule has 0 aliphatic heterocycles. The molecule has 1 amide bonds. The van der Waals surface area contributed by atoms with Gasteiger partial charge < -0.3 is 20.5 Å². The number of nitrogens with one attached hydrogen (secondary N) is 1. The number of ether oxygens (including phenoxy) is 2. The first kappa shape index (κ1) is 18.4. The molecule has 27 heavy (non-hydrogen) atoms. The number of hydrogen-bond donors (Lipinski definition) is 2. The van der Waals surface area contributed by atoms with Crippen LogP contribution in [0.4, 0.5) is 5.69 Å². The van der Waals surface area contributed by atoms with Gasteiger partial charge in [0.05, 0.1) is 19.9 Å². The van der Waals surface area contributed by atoms with Gasteiger partial charge in [0.1, 0.15) is 5.52 Å². The van der Waals surface area contributed by atoms with Gasteiger partial charge in [0.2, 0.25) is 11.8 Å². The molecule has 0 fully saturated rings. The molecule has 0 unspecified atom stereocenters. The molecule has 1 aromatic carbocycles. The number of anilines is 1. The van der Waals surface area contributed by atoms with Gasteiger partial charge in [-0.3, -0.25) is 4.79 Å². The van der Waals surface area contributed by atoms with Crippen molar-refractivity contribution in [3.05, 3.63) is 36.0 Å². The maximum absolute atomic E-state index is 12.3. The Balaban J connectivity index is 2.14. The smallest absolute Gasteiger partial charge is 0.273 e. The summed E-state index contributed by atoms with van der Waals surface area (Å²) >= 11 is 0. The zero-order valence-corrected chi connectivity index (χ0v) is 15.4. The van der Waals surface area contributed by atoms with Crippen LogP contribution in [0.15, 0.2) is 30.3 Å². The Morgan fingerprint density at radius 2 is 1.93 bits per heavy atom. The van der Waals surface area contributed by atoms with E-state index < -0.39 is 0 Å². The summed E-state index contributed by atoms with van der Waals surface area (Å²) in [6, 6.07) is 9.09. The lowest BCUT2D eigenvalue weighted by Crippen LogP contribution is -2.26. The number of carbonyl (C=O) groups excluding carboxylic acids is 1. The lowest BCUT2D eigenvalue weighted by atomic mass is 10.0. The summed E-state index contributed by atoms with van der Waals surface area (Å²) in [6.07, 6.45) is 0.821. The number of nitrogen functional groups attached to an aromatic ring is 1. The SMILES string of the molecule is CCCNC(=O)c1nnc2c(-c3ccc(OC)nc3OC)cccc2c1N. The minimum atomic E-state index is -0.335. The maximum atomic E-state index is 12.3. The minimum absolute atomic E-state index is 0.118. The maximum Gasteiger partial charge on any atom is 0.273 e. The molecule has 0 radical (unpaired) electrons. The quantitative estimate of drug-likeness (QED) is 0.688. The summed E-state index contributed by atoms with van der Waals surface area (Å²) < 4.78 is 10.5. The zero-order chi connectivity index (χ0) is 19.4. The average Bonchev–Trinajstić information content (AvgIpc) is 2.71. The molecular weight excluding hydrogens is 346 g/mol. The minimum Gasteiger partial charge on any atom is -0.481 e. The zero-order valence-electron chi connectivity index (χ0n) is 15.4. The van der Waals surface area contributed by atoms with E-state index in [1.807, 2.05) is 31.2 Å². The molecule has 2 heterocycles. The third kappa shape index (κ3) is 3.46. The van der Waals surface area contributed by atoms with E-state index in [-0.39, 0.29) is 17.3 Å². The van der Waals surface area contributed by atoms with Crippen LogP contribution in [0.2, 0.25) is 0 Å². The molecule has 0 saturated carbocycles. The third-order valence-corrected chi connectivity index (χ3v) is 4.11. The number of benzene rings is 1. The number of nitrogens with two attached hydrogens (primary N) is 1. The van der Waals surface area contributed by atoms with Crippen molar-refractivity contribution >= 4 is 22.5 Å². The third-order valence-electron chi connectivity index (χ3n) is 4.11. The first-order chi connectivity index (χ1) is 13.1. The van der Waals surface area contributed by atoms with Crippen LogP contribution in [-0.4, -0.2) is 41.9 Å². The van der Waals surface area contributed by atoms with Gasteiger partial charge in [-0.15, -0.1) is 10.2 Å². The highest BCUT2D eigenvalue weighted by molar-refractivity contribution is 6.07. The van der Waals surface area contributed by atoms with E-state index in [0.29, 0.717) is 29.2 Å². The fraction of sp³-hybridized carbons (Fsp3) is 0.263. The Morgan fingerprint density at radius 3 is 2.63 bits per heavy atom. The molecule has 0 saturated heterocycles. The van der Waals surface area contributed by atoms with E-state index in [9.17, 15) is 4.79 Å². The summed E-state index contributed by atoms with van der Waals surface area (Å²) in [4.78, 5) is 16.6. The molecule has 0 bridgehead atoms. The first-order valence-corrected chi connectivity index (χ1v) is 8.53. The van der Waals surface area contributed by atoms with Crippen LogP contribution in [0.25, 0.3) is 22.0 Å². The van der Waals surface area contributed by atoms with Gasteiger partial charge in [0, 0.05) is 29.1 Å². The fourth-order valence-electron chi connectivity index (χ4n) is 2.76. The van der Waals surface area contributed by atoms with Crippen LogP contribution in [0.1, 0.15) is 23.8 Å². The van der Waals surface area contributed by atoms with E-state index in [1.54, 1.807) is 6.07 Å². The molecule has 3 aromatic rings. The predicted octanol–water partition coefficient (Wildman–Crippen LogP) is 2.43.